The average molecular weight is 259 g/mol. The zero-order chi connectivity index (χ0) is 10.1. The minimum atomic E-state index is -0.446. The van der Waals surface area contributed by atoms with Crippen molar-refractivity contribution in [1.82, 2.24) is 0 Å². The van der Waals surface area contributed by atoms with E-state index in [9.17, 15) is 9.50 Å². The third kappa shape index (κ3) is 1.84. The molecule has 1 aromatic carbocycles. The van der Waals surface area contributed by atoms with Crippen LogP contribution in [0.5, 0.6) is 0 Å². The van der Waals surface area contributed by atoms with E-state index in [1.807, 2.05) is 0 Å². The van der Waals surface area contributed by atoms with Crippen molar-refractivity contribution in [3.8, 4) is 0 Å². The molecule has 1 fully saturated rings. The summed E-state index contributed by atoms with van der Waals surface area (Å²) in [6.45, 7) is 0. The summed E-state index contributed by atoms with van der Waals surface area (Å²) in [5.74, 6) is 0.0817. The van der Waals surface area contributed by atoms with Crippen LogP contribution in [0, 0.1) is 11.7 Å². The summed E-state index contributed by atoms with van der Waals surface area (Å²) in [4.78, 5) is 0. The van der Waals surface area contributed by atoms with Crippen LogP contribution in [0.15, 0.2) is 22.7 Å². The molecule has 1 N–H and O–H groups in total. The van der Waals surface area contributed by atoms with E-state index in [0.29, 0.717) is 10.4 Å². The maximum Gasteiger partial charge on any atom is 0.124 e. The van der Waals surface area contributed by atoms with Gasteiger partial charge in [0.1, 0.15) is 5.82 Å². The Kier molecular flexibility index (Phi) is 2.88. The topological polar surface area (TPSA) is 20.2 Å². The summed E-state index contributed by atoms with van der Waals surface area (Å²) < 4.78 is 13.5. The molecule has 0 heterocycles. The SMILES string of the molecule is O[C@@H](c1ccc(F)cc1Br)C1CCC1. The quantitative estimate of drug-likeness (QED) is 0.862. The van der Waals surface area contributed by atoms with Gasteiger partial charge in [0.2, 0.25) is 0 Å². The Morgan fingerprint density at radius 2 is 2.14 bits per heavy atom. The molecule has 0 bridgehead atoms. The Balaban J connectivity index is 2.22. The van der Waals surface area contributed by atoms with Crippen LogP contribution in [-0.2, 0) is 0 Å². The van der Waals surface area contributed by atoms with Gasteiger partial charge in [-0.3, -0.25) is 0 Å². The lowest BCUT2D eigenvalue weighted by Gasteiger charge is -2.30. The van der Waals surface area contributed by atoms with Gasteiger partial charge < -0.3 is 5.11 Å². The summed E-state index contributed by atoms with van der Waals surface area (Å²) >= 11 is 3.27. The van der Waals surface area contributed by atoms with Gasteiger partial charge in [-0.15, -0.1) is 0 Å². The molecule has 1 aliphatic carbocycles. The van der Waals surface area contributed by atoms with E-state index in [4.69, 9.17) is 0 Å². The van der Waals surface area contributed by atoms with Crippen molar-refractivity contribution < 1.29 is 9.50 Å². The first kappa shape index (κ1) is 10.1. The minimum Gasteiger partial charge on any atom is -0.388 e. The number of aliphatic hydroxyl groups excluding tert-OH is 1. The number of hydrogen-bond acceptors (Lipinski definition) is 1. The molecule has 0 unspecified atom stereocenters. The fourth-order valence-electron chi connectivity index (χ4n) is 1.75. The highest BCUT2D eigenvalue weighted by Gasteiger charge is 2.27. The second kappa shape index (κ2) is 3.99. The van der Waals surface area contributed by atoms with E-state index < -0.39 is 6.10 Å². The second-order valence-electron chi connectivity index (χ2n) is 3.80. The number of hydrogen-bond donors (Lipinski definition) is 1. The second-order valence-corrected chi connectivity index (χ2v) is 4.66. The lowest BCUT2D eigenvalue weighted by molar-refractivity contribution is 0.0615. The van der Waals surface area contributed by atoms with Crippen LogP contribution in [0.25, 0.3) is 0 Å². The van der Waals surface area contributed by atoms with Gasteiger partial charge in [0.15, 0.2) is 0 Å². The van der Waals surface area contributed by atoms with Gasteiger partial charge >= 0.3 is 0 Å². The molecule has 0 radical (unpaired) electrons. The van der Waals surface area contributed by atoms with Crippen LogP contribution in [0.2, 0.25) is 0 Å². The first-order valence-corrected chi connectivity index (χ1v) is 5.61. The van der Waals surface area contributed by atoms with Gasteiger partial charge in [0.25, 0.3) is 0 Å². The van der Waals surface area contributed by atoms with Gasteiger partial charge in [-0.1, -0.05) is 28.4 Å². The molecule has 0 saturated heterocycles. The van der Waals surface area contributed by atoms with Crippen molar-refractivity contribution >= 4 is 15.9 Å². The molecule has 0 amide bonds. The lowest BCUT2D eigenvalue weighted by Crippen LogP contribution is -2.20. The highest BCUT2D eigenvalue weighted by molar-refractivity contribution is 9.10. The van der Waals surface area contributed by atoms with Gasteiger partial charge in [0.05, 0.1) is 6.10 Å². The molecule has 0 aromatic heterocycles. The molecule has 1 saturated carbocycles. The Bertz CT molecular complexity index is 336. The zero-order valence-corrected chi connectivity index (χ0v) is 9.30. The normalized spacial score (nSPS) is 19.1. The number of rotatable bonds is 2. The van der Waals surface area contributed by atoms with E-state index in [0.717, 1.165) is 18.4 Å². The summed E-state index contributed by atoms with van der Waals surface area (Å²) in [6, 6.07) is 4.45. The van der Waals surface area contributed by atoms with Crippen molar-refractivity contribution in [2.75, 3.05) is 0 Å². The first-order chi connectivity index (χ1) is 6.68. The average Bonchev–Trinajstić information content (AvgIpc) is 2.00. The zero-order valence-electron chi connectivity index (χ0n) is 7.71. The summed E-state index contributed by atoms with van der Waals surface area (Å²) in [5.41, 5.74) is 0.802. The van der Waals surface area contributed by atoms with Crippen LogP contribution in [0.4, 0.5) is 4.39 Å². The van der Waals surface area contributed by atoms with E-state index in [-0.39, 0.29) is 5.82 Å². The molecule has 14 heavy (non-hydrogen) atoms. The van der Waals surface area contributed by atoms with Crippen molar-refractivity contribution in [1.29, 1.82) is 0 Å². The first-order valence-electron chi connectivity index (χ1n) is 4.81. The number of benzene rings is 1. The summed E-state index contributed by atoms with van der Waals surface area (Å²) in [6.07, 6.45) is 2.90. The van der Waals surface area contributed by atoms with Crippen LogP contribution in [-0.4, -0.2) is 5.11 Å². The Morgan fingerprint density at radius 3 is 2.64 bits per heavy atom. The van der Waals surface area contributed by atoms with Crippen LogP contribution in [0.3, 0.4) is 0 Å². The van der Waals surface area contributed by atoms with Crippen molar-refractivity contribution in [3.63, 3.8) is 0 Å². The van der Waals surface area contributed by atoms with E-state index in [1.54, 1.807) is 6.07 Å². The molecule has 0 spiro atoms. The minimum absolute atomic E-state index is 0.276. The predicted molar refractivity (Wildman–Crippen MR) is 56.4 cm³/mol. The van der Waals surface area contributed by atoms with Gasteiger partial charge in [-0.05, 0) is 36.5 Å². The van der Waals surface area contributed by atoms with Crippen LogP contribution >= 0.6 is 15.9 Å². The van der Waals surface area contributed by atoms with E-state index in [2.05, 4.69) is 15.9 Å². The molecule has 0 aliphatic heterocycles. The molecule has 1 aromatic rings. The number of aliphatic hydroxyl groups is 1. The molecule has 1 aliphatic rings. The molecule has 76 valence electrons. The Labute approximate surface area is 91.1 Å². The molecule has 1 atom stereocenters. The highest BCUT2D eigenvalue weighted by atomic mass is 79.9. The maximum absolute atomic E-state index is 12.8. The molecular weight excluding hydrogens is 247 g/mol. The molecule has 2 rings (SSSR count). The third-order valence-corrected chi connectivity index (χ3v) is 3.56. The van der Waals surface area contributed by atoms with Crippen molar-refractivity contribution in [2.24, 2.45) is 5.92 Å². The molecular formula is C11H12BrFO. The maximum atomic E-state index is 12.8. The van der Waals surface area contributed by atoms with Crippen LogP contribution in [0.1, 0.15) is 30.9 Å². The molecule has 1 nitrogen and oxygen atoms in total. The van der Waals surface area contributed by atoms with Crippen molar-refractivity contribution in [2.45, 2.75) is 25.4 Å². The van der Waals surface area contributed by atoms with Crippen molar-refractivity contribution in [3.05, 3.63) is 34.1 Å². The monoisotopic (exact) mass is 258 g/mol. The van der Waals surface area contributed by atoms with Gasteiger partial charge in [-0.2, -0.15) is 0 Å². The van der Waals surface area contributed by atoms with Gasteiger partial charge in [0, 0.05) is 4.47 Å². The standard InChI is InChI=1S/C11H12BrFO/c12-10-6-8(13)4-5-9(10)11(14)7-2-1-3-7/h4-7,11,14H,1-3H2/t11-/m1/s1. The third-order valence-electron chi connectivity index (χ3n) is 2.88. The predicted octanol–water partition coefficient (Wildman–Crippen LogP) is 3.42. The smallest absolute Gasteiger partial charge is 0.124 e. The number of halogens is 2. The van der Waals surface area contributed by atoms with E-state index >= 15 is 0 Å². The highest BCUT2D eigenvalue weighted by Crippen LogP contribution is 2.39. The Hall–Kier alpha value is -0.410. The fourth-order valence-corrected chi connectivity index (χ4v) is 2.34. The van der Waals surface area contributed by atoms with E-state index in [1.165, 1.54) is 18.6 Å². The van der Waals surface area contributed by atoms with Crippen LogP contribution < -0.4 is 0 Å². The fraction of sp³-hybridized carbons (Fsp3) is 0.455. The lowest BCUT2D eigenvalue weighted by atomic mass is 9.79. The Morgan fingerprint density at radius 1 is 1.43 bits per heavy atom. The summed E-state index contributed by atoms with van der Waals surface area (Å²) in [5, 5.41) is 9.96. The molecule has 3 heteroatoms. The summed E-state index contributed by atoms with van der Waals surface area (Å²) in [7, 11) is 0. The van der Waals surface area contributed by atoms with Gasteiger partial charge in [-0.25, -0.2) is 4.39 Å². The largest absolute Gasteiger partial charge is 0.388 e.